The molecule has 0 aromatic heterocycles. The van der Waals surface area contributed by atoms with Gasteiger partial charge in [-0.1, -0.05) is 29.8 Å². The van der Waals surface area contributed by atoms with Gasteiger partial charge in [0, 0.05) is 11.1 Å². The number of hydrogen-bond donors (Lipinski definition) is 0. The van der Waals surface area contributed by atoms with Crippen molar-refractivity contribution in [2.24, 2.45) is 0 Å². The van der Waals surface area contributed by atoms with Crippen LogP contribution in [0.4, 0.5) is 0 Å². The predicted octanol–water partition coefficient (Wildman–Crippen LogP) is 3.97. The number of ketones is 1. The first kappa shape index (κ1) is 14.5. The van der Waals surface area contributed by atoms with Gasteiger partial charge < -0.3 is 14.2 Å². The minimum absolute atomic E-state index is 0.144. The van der Waals surface area contributed by atoms with Crippen LogP contribution in [-0.4, -0.2) is 19.7 Å². The molecule has 112 valence electrons. The molecule has 0 aliphatic carbocycles. The first-order chi connectivity index (χ1) is 10.7. The highest BCUT2D eigenvalue weighted by atomic mass is 35.5. The number of benzene rings is 2. The normalized spacial score (nSPS) is 12.6. The van der Waals surface area contributed by atoms with E-state index in [-0.39, 0.29) is 12.6 Å². The summed E-state index contributed by atoms with van der Waals surface area (Å²) >= 11 is 6.07. The van der Waals surface area contributed by atoms with Crippen molar-refractivity contribution < 1.29 is 19.0 Å². The van der Waals surface area contributed by atoms with Crippen LogP contribution in [0.2, 0.25) is 5.02 Å². The average molecular weight is 317 g/mol. The zero-order chi connectivity index (χ0) is 15.5. The lowest BCUT2D eigenvalue weighted by atomic mass is 10.1. The van der Waals surface area contributed by atoms with Crippen LogP contribution in [0, 0.1) is 0 Å². The number of carbonyl (C=O) groups excluding carboxylic acids is 1. The van der Waals surface area contributed by atoms with Crippen molar-refractivity contribution in [3.05, 3.63) is 58.6 Å². The zero-order valence-corrected chi connectivity index (χ0v) is 12.6. The highest BCUT2D eigenvalue weighted by Gasteiger charge is 2.20. The Bertz CT molecular complexity index is 752. The van der Waals surface area contributed by atoms with Crippen LogP contribution in [0.3, 0.4) is 0 Å². The Morgan fingerprint density at radius 1 is 1.23 bits per heavy atom. The molecule has 2 aromatic rings. The molecule has 3 rings (SSSR count). The topological polar surface area (TPSA) is 44.8 Å². The number of rotatable bonds is 4. The van der Waals surface area contributed by atoms with E-state index in [1.54, 1.807) is 24.3 Å². The van der Waals surface area contributed by atoms with E-state index in [0.29, 0.717) is 27.8 Å². The summed E-state index contributed by atoms with van der Waals surface area (Å²) < 4.78 is 15.8. The quantitative estimate of drug-likeness (QED) is 0.632. The lowest BCUT2D eigenvalue weighted by Crippen LogP contribution is -1.99. The molecular formula is C17H13ClO4. The maximum atomic E-state index is 12.4. The first-order valence-electron chi connectivity index (χ1n) is 6.63. The standard InChI is InChI=1S/C17H13ClO4/c1-20-15-9-17-16(21-10-22-17)8-12(15)14(19)7-6-11-4-2-3-5-13(11)18/h2-9H,10H2,1H3/b7-6+. The van der Waals surface area contributed by atoms with Crippen LogP contribution in [0.1, 0.15) is 15.9 Å². The first-order valence-corrected chi connectivity index (χ1v) is 7.01. The van der Waals surface area contributed by atoms with E-state index in [0.717, 1.165) is 5.56 Å². The molecule has 5 heteroatoms. The van der Waals surface area contributed by atoms with Crippen LogP contribution in [-0.2, 0) is 0 Å². The van der Waals surface area contributed by atoms with E-state index >= 15 is 0 Å². The van der Waals surface area contributed by atoms with Crippen molar-refractivity contribution in [3.8, 4) is 17.2 Å². The molecule has 0 atom stereocenters. The Morgan fingerprint density at radius 3 is 2.68 bits per heavy atom. The van der Waals surface area contributed by atoms with Crippen molar-refractivity contribution in [1.29, 1.82) is 0 Å². The van der Waals surface area contributed by atoms with Gasteiger partial charge in [-0.3, -0.25) is 4.79 Å². The minimum atomic E-state index is -0.199. The fraction of sp³-hybridized carbons (Fsp3) is 0.118. The van der Waals surface area contributed by atoms with E-state index in [2.05, 4.69) is 0 Å². The van der Waals surface area contributed by atoms with Crippen LogP contribution < -0.4 is 14.2 Å². The molecule has 0 unspecified atom stereocenters. The molecule has 0 amide bonds. The molecular weight excluding hydrogens is 304 g/mol. The number of methoxy groups -OCH3 is 1. The largest absolute Gasteiger partial charge is 0.496 e. The number of ether oxygens (including phenoxy) is 3. The van der Waals surface area contributed by atoms with Crippen molar-refractivity contribution in [3.63, 3.8) is 0 Å². The molecule has 0 fully saturated rings. The smallest absolute Gasteiger partial charge is 0.231 e. The Balaban J connectivity index is 1.91. The van der Waals surface area contributed by atoms with Gasteiger partial charge in [0.2, 0.25) is 6.79 Å². The highest BCUT2D eigenvalue weighted by Crippen LogP contribution is 2.38. The van der Waals surface area contributed by atoms with Gasteiger partial charge in [-0.15, -0.1) is 0 Å². The van der Waals surface area contributed by atoms with Crippen LogP contribution >= 0.6 is 11.6 Å². The van der Waals surface area contributed by atoms with E-state index in [1.807, 2.05) is 18.2 Å². The molecule has 1 heterocycles. The summed E-state index contributed by atoms with van der Waals surface area (Å²) in [6.07, 6.45) is 3.13. The summed E-state index contributed by atoms with van der Waals surface area (Å²) in [7, 11) is 1.51. The Kier molecular flexibility index (Phi) is 4.02. The SMILES string of the molecule is COc1cc2c(cc1C(=O)/C=C/c1ccccc1Cl)OCO2. The van der Waals surface area contributed by atoms with E-state index in [1.165, 1.54) is 13.2 Å². The molecule has 22 heavy (non-hydrogen) atoms. The Hall–Kier alpha value is -2.46. The third kappa shape index (κ3) is 2.78. The van der Waals surface area contributed by atoms with Gasteiger partial charge in [0.25, 0.3) is 0 Å². The summed E-state index contributed by atoms with van der Waals surface area (Å²) in [5, 5.41) is 0.587. The minimum Gasteiger partial charge on any atom is -0.496 e. The maximum Gasteiger partial charge on any atom is 0.231 e. The van der Waals surface area contributed by atoms with Crippen LogP contribution in [0.15, 0.2) is 42.5 Å². The summed E-state index contributed by atoms with van der Waals surface area (Å²) in [4.78, 5) is 12.4. The average Bonchev–Trinajstić information content (AvgIpc) is 2.99. The zero-order valence-electron chi connectivity index (χ0n) is 11.8. The van der Waals surface area contributed by atoms with E-state index in [9.17, 15) is 4.79 Å². The molecule has 0 radical (unpaired) electrons. The van der Waals surface area contributed by atoms with E-state index in [4.69, 9.17) is 25.8 Å². The summed E-state index contributed by atoms with van der Waals surface area (Å²) in [5.41, 5.74) is 1.19. The highest BCUT2D eigenvalue weighted by molar-refractivity contribution is 6.32. The fourth-order valence-electron chi connectivity index (χ4n) is 2.15. The fourth-order valence-corrected chi connectivity index (χ4v) is 2.35. The van der Waals surface area contributed by atoms with Gasteiger partial charge >= 0.3 is 0 Å². The van der Waals surface area contributed by atoms with Gasteiger partial charge in [-0.05, 0) is 29.8 Å². The number of fused-ring (bicyclic) bond motifs is 1. The Morgan fingerprint density at radius 2 is 1.95 bits per heavy atom. The van der Waals surface area contributed by atoms with Gasteiger partial charge in [-0.2, -0.15) is 0 Å². The molecule has 0 bridgehead atoms. The molecule has 1 aliphatic rings. The van der Waals surface area contributed by atoms with Crippen molar-refractivity contribution in [2.45, 2.75) is 0 Å². The summed E-state index contributed by atoms with van der Waals surface area (Å²) in [6.45, 7) is 0.144. The molecule has 4 nitrogen and oxygen atoms in total. The summed E-state index contributed by atoms with van der Waals surface area (Å²) in [5.74, 6) is 1.35. The second-order valence-corrected chi connectivity index (χ2v) is 5.03. The van der Waals surface area contributed by atoms with E-state index < -0.39 is 0 Å². The lowest BCUT2D eigenvalue weighted by Gasteiger charge is -2.07. The van der Waals surface area contributed by atoms with Crippen molar-refractivity contribution in [1.82, 2.24) is 0 Å². The second kappa shape index (κ2) is 6.12. The van der Waals surface area contributed by atoms with Crippen molar-refractivity contribution >= 4 is 23.5 Å². The summed E-state index contributed by atoms with van der Waals surface area (Å²) in [6, 6.07) is 10.6. The lowest BCUT2D eigenvalue weighted by molar-refractivity contribution is 0.104. The Labute approximate surface area is 132 Å². The molecule has 0 N–H and O–H groups in total. The third-order valence-electron chi connectivity index (χ3n) is 3.28. The van der Waals surface area contributed by atoms with Gasteiger partial charge in [0.1, 0.15) is 5.75 Å². The van der Waals surface area contributed by atoms with Crippen molar-refractivity contribution in [2.75, 3.05) is 13.9 Å². The van der Waals surface area contributed by atoms with Crippen LogP contribution in [0.25, 0.3) is 6.08 Å². The molecule has 0 saturated carbocycles. The number of halogens is 1. The molecule has 0 spiro atoms. The molecule has 2 aromatic carbocycles. The van der Waals surface area contributed by atoms with Gasteiger partial charge in [-0.25, -0.2) is 0 Å². The molecule has 0 saturated heterocycles. The number of hydrogen-bond acceptors (Lipinski definition) is 4. The van der Waals surface area contributed by atoms with Crippen LogP contribution in [0.5, 0.6) is 17.2 Å². The monoisotopic (exact) mass is 316 g/mol. The van der Waals surface area contributed by atoms with Gasteiger partial charge in [0.15, 0.2) is 17.3 Å². The number of allylic oxidation sites excluding steroid dienone is 1. The third-order valence-corrected chi connectivity index (χ3v) is 3.62. The van der Waals surface area contributed by atoms with Gasteiger partial charge in [0.05, 0.1) is 12.7 Å². The predicted molar refractivity (Wildman–Crippen MR) is 83.9 cm³/mol. The number of carbonyl (C=O) groups is 1. The second-order valence-electron chi connectivity index (χ2n) is 4.62. The maximum absolute atomic E-state index is 12.4. The molecule has 1 aliphatic heterocycles.